The molecule has 0 atom stereocenters. The van der Waals surface area contributed by atoms with Crippen molar-refractivity contribution in [1.29, 1.82) is 0 Å². The highest BCUT2D eigenvalue weighted by Gasteiger charge is 2.14. The Morgan fingerprint density at radius 1 is 1.58 bits per heavy atom. The van der Waals surface area contributed by atoms with Gasteiger partial charge in [-0.3, -0.25) is 0 Å². The van der Waals surface area contributed by atoms with Gasteiger partial charge >= 0.3 is 5.97 Å². The molecule has 0 aliphatic rings. The Balaban J connectivity index is 3.43. The molecule has 0 saturated heterocycles. The minimum absolute atomic E-state index is 0.145. The second-order valence-electron chi connectivity index (χ2n) is 2.02. The molecule has 0 radical (unpaired) electrons. The summed E-state index contributed by atoms with van der Waals surface area (Å²) in [5, 5.41) is 9.01. The molecule has 0 aromatic heterocycles. The van der Waals surface area contributed by atoms with E-state index in [1.807, 2.05) is 22.6 Å². The fraction of sp³-hybridized carbons (Fsp3) is 0. The molecule has 0 spiro atoms. The number of benzene rings is 1. The quantitative estimate of drug-likeness (QED) is 0.615. The molecule has 0 fully saturated rings. The fourth-order valence-corrected chi connectivity index (χ4v) is 2.14. The van der Waals surface area contributed by atoms with E-state index >= 15 is 0 Å². The minimum atomic E-state index is -1.01. The van der Waals surface area contributed by atoms with Crippen molar-refractivity contribution in [2.24, 2.45) is 0 Å². The smallest absolute Gasteiger partial charge is 0.338 e. The van der Waals surface area contributed by atoms with E-state index in [-0.39, 0.29) is 10.6 Å². The maximum absolute atomic E-state index is 10.7. The highest BCUT2D eigenvalue weighted by atomic mass is 127. The second-order valence-corrected chi connectivity index (χ2v) is 4.42. The highest BCUT2D eigenvalue weighted by Crippen LogP contribution is 2.29. The first kappa shape index (κ1) is 10.3. The summed E-state index contributed by atoms with van der Waals surface area (Å²) in [7, 11) is 0. The van der Waals surface area contributed by atoms with E-state index in [0.29, 0.717) is 8.04 Å². The van der Waals surface area contributed by atoms with E-state index in [4.69, 9.17) is 16.7 Å². The van der Waals surface area contributed by atoms with Gasteiger partial charge in [-0.05, 0) is 50.7 Å². The monoisotopic (exact) mass is 360 g/mol. The second kappa shape index (κ2) is 3.93. The van der Waals surface area contributed by atoms with Gasteiger partial charge in [0.05, 0.1) is 10.6 Å². The molecular formula is C7H3BrClIO2. The lowest BCUT2D eigenvalue weighted by Gasteiger charge is -2.02. The zero-order valence-corrected chi connectivity index (χ0v) is 10.1. The van der Waals surface area contributed by atoms with Gasteiger partial charge in [0.2, 0.25) is 0 Å². The molecule has 0 unspecified atom stereocenters. The number of carboxylic acid groups (broad SMARTS) is 1. The number of rotatable bonds is 1. The summed E-state index contributed by atoms with van der Waals surface area (Å²) < 4.78 is 1.23. The third kappa shape index (κ3) is 1.92. The van der Waals surface area contributed by atoms with Crippen LogP contribution in [0.3, 0.4) is 0 Å². The van der Waals surface area contributed by atoms with Crippen molar-refractivity contribution in [3.63, 3.8) is 0 Å². The Labute approximate surface area is 96.2 Å². The predicted molar refractivity (Wildman–Crippen MR) is 58.8 cm³/mol. The summed E-state index contributed by atoms with van der Waals surface area (Å²) in [6.07, 6.45) is 0. The van der Waals surface area contributed by atoms with E-state index in [2.05, 4.69) is 15.9 Å². The molecule has 1 aromatic carbocycles. The summed E-state index contributed by atoms with van der Waals surface area (Å²) >= 11 is 10.8. The number of carbonyl (C=O) groups is 1. The van der Waals surface area contributed by atoms with Gasteiger partial charge in [-0.25, -0.2) is 4.79 Å². The predicted octanol–water partition coefficient (Wildman–Crippen LogP) is 3.41. The fourth-order valence-electron chi connectivity index (χ4n) is 0.723. The van der Waals surface area contributed by atoms with Gasteiger partial charge in [-0.2, -0.15) is 0 Å². The van der Waals surface area contributed by atoms with Crippen LogP contribution in [0.5, 0.6) is 0 Å². The van der Waals surface area contributed by atoms with Crippen LogP contribution in [0, 0.1) is 3.57 Å². The zero-order valence-electron chi connectivity index (χ0n) is 5.64. The molecule has 2 nitrogen and oxygen atoms in total. The molecule has 12 heavy (non-hydrogen) atoms. The summed E-state index contributed by atoms with van der Waals surface area (Å²) in [5.74, 6) is -1.01. The van der Waals surface area contributed by atoms with Crippen LogP contribution in [-0.4, -0.2) is 11.1 Å². The summed E-state index contributed by atoms with van der Waals surface area (Å²) in [5.41, 5.74) is 0.145. The lowest BCUT2D eigenvalue weighted by atomic mass is 10.2. The van der Waals surface area contributed by atoms with Crippen LogP contribution in [0.25, 0.3) is 0 Å². The third-order valence-electron chi connectivity index (χ3n) is 1.26. The van der Waals surface area contributed by atoms with Crippen LogP contribution in [-0.2, 0) is 0 Å². The maximum atomic E-state index is 10.7. The summed E-state index contributed by atoms with van der Waals surface area (Å²) in [4.78, 5) is 10.7. The van der Waals surface area contributed by atoms with E-state index in [0.717, 1.165) is 0 Å². The van der Waals surface area contributed by atoms with Crippen molar-refractivity contribution in [3.05, 3.63) is 30.8 Å². The molecule has 5 heteroatoms. The Hall–Kier alpha value is 0.190. The van der Waals surface area contributed by atoms with Gasteiger partial charge in [0.15, 0.2) is 0 Å². The first-order valence-corrected chi connectivity index (χ1v) is 5.16. The highest BCUT2D eigenvalue weighted by molar-refractivity contribution is 14.1. The number of halogens is 3. The van der Waals surface area contributed by atoms with Crippen LogP contribution in [0.15, 0.2) is 16.6 Å². The Kier molecular flexibility index (Phi) is 3.37. The van der Waals surface area contributed by atoms with Crippen LogP contribution < -0.4 is 0 Å². The van der Waals surface area contributed by atoms with E-state index in [1.165, 1.54) is 0 Å². The minimum Gasteiger partial charge on any atom is -0.478 e. The summed E-state index contributed by atoms with van der Waals surface area (Å²) in [6.45, 7) is 0. The normalized spacial score (nSPS) is 9.92. The molecule has 0 saturated carbocycles. The molecule has 0 aliphatic heterocycles. The van der Waals surface area contributed by atoms with E-state index < -0.39 is 5.97 Å². The van der Waals surface area contributed by atoms with Crippen molar-refractivity contribution >= 4 is 56.1 Å². The van der Waals surface area contributed by atoms with Crippen LogP contribution in [0.4, 0.5) is 0 Å². The third-order valence-corrected chi connectivity index (χ3v) is 3.44. The number of carboxylic acids is 1. The molecule has 0 amide bonds. The zero-order chi connectivity index (χ0) is 9.30. The Bertz CT molecular complexity index is 340. The molecule has 1 N–H and O–H groups in total. The number of aromatic carboxylic acids is 1. The molecular weight excluding hydrogens is 358 g/mol. The largest absolute Gasteiger partial charge is 0.478 e. The first-order chi connectivity index (χ1) is 5.54. The molecule has 0 aliphatic carbocycles. The topological polar surface area (TPSA) is 37.3 Å². The molecule has 0 heterocycles. The number of hydrogen-bond acceptors (Lipinski definition) is 1. The van der Waals surface area contributed by atoms with Crippen molar-refractivity contribution in [3.8, 4) is 0 Å². The van der Waals surface area contributed by atoms with E-state index in [1.54, 1.807) is 12.1 Å². The van der Waals surface area contributed by atoms with Crippen LogP contribution >= 0.6 is 50.1 Å². The molecule has 64 valence electrons. The number of hydrogen-bond donors (Lipinski definition) is 1. The summed E-state index contributed by atoms with van der Waals surface area (Å²) in [6, 6.07) is 3.41. The van der Waals surface area contributed by atoms with Gasteiger partial charge in [0.25, 0.3) is 0 Å². The van der Waals surface area contributed by atoms with Crippen LogP contribution in [0.2, 0.25) is 5.02 Å². The maximum Gasteiger partial charge on any atom is 0.338 e. The van der Waals surface area contributed by atoms with Crippen molar-refractivity contribution in [1.82, 2.24) is 0 Å². The van der Waals surface area contributed by atoms with Gasteiger partial charge in [-0.15, -0.1) is 0 Å². The SMILES string of the molecule is O=C(O)c1c(I)ccc(Br)c1Cl. The average molecular weight is 361 g/mol. The van der Waals surface area contributed by atoms with E-state index in [9.17, 15) is 4.79 Å². The Morgan fingerprint density at radius 3 is 2.58 bits per heavy atom. The molecule has 1 rings (SSSR count). The average Bonchev–Trinajstić information content (AvgIpc) is 1.97. The Morgan fingerprint density at radius 2 is 2.17 bits per heavy atom. The van der Waals surface area contributed by atoms with Gasteiger partial charge in [0.1, 0.15) is 0 Å². The van der Waals surface area contributed by atoms with Crippen LogP contribution in [0.1, 0.15) is 10.4 Å². The molecule has 1 aromatic rings. The van der Waals surface area contributed by atoms with Gasteiger partial charge < -0.3 is 5.11 Å². The first-order valence-electron chi connectivity index (χ1n) is 2.91. The molecule has 0 bridgehead atoms. The van der Waals surface area contributed by atoms with Crippen molar-refractivity contribution < 1.29 is 9.90 Å². The van der Waals surface area contributed by atoms with Gasteiger partial charge in [-0.1, -0.05) is 11.6 Å². The lowest BCUT2D eigenvalue weighted by molar-refractivity contribution is 0.0696. The van der Waals surface area contributed by atoms with Gasteiger partial charge in [0, 0.05) is 8.04 Å². The van der Waals surface area contributed by atoms with Crippen molar-refractivity contribution in [2.75, 3.05) is 0 Å². The standard InChI is InChI=1S/C7H3BrClIO2/c8-3-1-2-4(10)5(6(3)9)7(11)12/h1-2H,(H,11,12). The lowest BCUT2D eigenvalue weighted by Crippen LogP contribution is -2.00. The van der Waals surface area contributed by atoms with Crippen molar-refractivity contribution in [2.45, 2.75) is 0 Å².